The van der Waals surface area contributed by atoms with Crippen molar-refractivity contribution in [3.05, 3.63) is 66.2 Å². The molecule has 7 nitrogen and oxygen atoms in total. The number of amides is 1. The third-order valence-electron chi connectivity index (χ3n) is 6.56. The first-order valence-electron chi connectivity index (χ1n) is 11.4. The van der Waals surface area contributed by atoms with Crippen LogP contribution in [0, 0.1) is 0 Å². The first kappa shape index (κ1) is 25.2. The summed E-state index contributed by atoms with van der Waals surface area (Å²) in [6.45, 7) is 3.12. The predicted octanol–water partition coefficient (Wildman–Crippen LogP) is 3.64. The zero-order chi connectivity index (χ0) is 23.8. The van der Waals surface area contributed by atoms with Crippen LogP contribution in [0.1, 0.15) is 30.7 Å². The quantitative estimate of drug-likeness (QED) is 0.556. The summed E-state index contributed by atoms with van der Waals surface area (Å²) >= 11 is 0. The highest BCUT2D eigenvalue weighted by Gasteiger charge is 2.28. The maximum Gasteiger partial charge on any atom is 0.409 e. The van der Waals surface area contributed by atoms with E-state index in [9.17, 15) is 13.2 Å². The smallest absolute Gasteiger partial charge is 0.409 e. The fourth-order valence-electron chi connectivity index (χ4n) is 4.43. The number of sulfonamides is 1. The second-order valence-electron chi connectivity index (χ2n) is 8.65. The van der Waals surface area contributed by atoms with Crippen LogP contribution < -0.4 is 0 Å². The molecule has 8 heteroatoms. The van der Waals surface area contributed by atoms with E-state index in [-0.39, 0.29) is 18.1 Å². The van der Waals surface area contributed by atoms with Gasteiger partial charge in [0.05, 0.1) is 12.0 Å². The molecule has 1 amide bonds. The van der Waals surface area contributed by atoms with Crippen molar-refractivity contribution in [2.45, 2.75) is 36.1 Å². The standard InChI is InChI=1S/C25H35N3O4S/c1-26(33(30,31)24-12-8-5-9-13-24)20-22(21-10-6-4-7-11-21)14-17-28-18-15-23(16-19-28)27(2)25(29)32-3/h4-13,22-23H,14-20H2,1-3H3/t22-/m1/s1. The number of carbonyl (C=O) groups excluding carboxylic acids is 1. The van der Waals surface area contributed by atoms with Gasteiger partial charge in [-0.15, -0.1) is 0 Å². The minimum Gasteiger partial charge on any atom is -0.453 e. The Morgan fingerprint density at radius 3 is 2.18 bits per heavy atom. The number of methoxy groups -OCH3 is 1. The normalized spacial score (nSPS) is 16.5. The van der Waals surface area contributed by atoms with Gasteiger partial charge in [0, 0.05) is 39.8 Å². The van der Waals surface area contributed by atoms with Gasteiger partial charge in [-0.05, 0) is 49.4 Å². The summed E-state index contributed by atoms with van der Waals surface area (Å²) in [6.07, 6.45) is 2.38. The van der Waals surface area contributed by atoms with Gasteiger partial charge in [0.2, 0.25) is 10.0 Å². The molecule has 3 rings (SSSR count). The molecule has 33 heavy (non-hydrogen) atoms. The lowest BCUT2D eigenvalue weighted by Crippen LogP contribution is -2.46. The van der Waals surface area contributed by atoms with Gasteiger partial charge in [0.15, 0.2) is 0 Å². The summed E-state index contributed by atoms with van der Waals surface area (Å²) in [5.74, 6) is 0.0881. The predicted molar refractivity (Wildman–Crippen MR) is 130 cm³/mol. The van der Waals surface area contributed by atoms with Crippen LogP contribution in [-0.4, -0.2) is 82.0 Å². The molecule has 0 unspecified atom stereocenters. The largest absolute Gasteiger partial charge is 0.453 e. The highest BCUT2D eigenvalue weighted by Crippen LogP contribution is 2.25. The molecule has 0 radical (unpaired) electrons. The first-order chi connectivity index (χ1) is 15.8. The molecule has 2 aromatic rings. The molecule has 0 N–H and O–H groups in total. The molecule has 1 aliphatic rings. The summed E-state index contributed by atoms with van der Waals surface area (Å²) in [6, 6.07) is 18.9. The Labute approximate surface area is 198 Å². The molecule has 0 aliphatic carbocycles. The Balaban J connectivity index is 1.63. The van der Waals surface area contributed by atoms with Crippen molar-refractivity contribution >= 4 is 16.1 Å². The molecule has 0 aromatic heterocycles. The van der Waals surface area contributed by atoms with Crippen molar-refractivity contribution in [2.24, 2.45) is 0 Å². The lowest BCUT2D eigenvalue weighted by molar-refractivity contribution is 0.0904. The number of likely N-dealkylation sites (tertiary alicyclic amines) is 1. The highest BCUT2D eigenvalue weighted by molar-refractivity contribution is 7.89. The number of ether oxygens (including phenoxy) is 1. The third-order valence-corrected chi connectivity index (χ3v) is 8.40. The summed E-state index contributed by atoms with van der Waals surface area (Å²) in [5.41, 5.74) is 1.15. The topological polar surface area (TPSA) is 70.2 Å². The molecule has 180 valence electrons. The maximum absolute atomic E-state index is 13.1. The number of carbonyl (C=O) groups is 1. The molecule has 1 saturated heterocycles. The number of benzene rings is 2. The second kappa shape index (κ2) is 11.6. The lowest BCUT2D eigenvalue weighted by Gasteiger charge is -2.36. The summed E-state index contributed by atoms with van der Waals surface area (Å²) in [4.78, 5) is 16.2. The van der Waals surface area contributed by atoms with Gasteiger partial charge in [0.25, 0.3) is 0 Å². The highest BCUT2D eigenvalue weighted by atomic mass is 32.2. The SMILES string of the molecule is COC(=O)N(C)C1CCN(CC[C@H](CN(C)S(=O)(=O)c2ccccc2)c2ccccc2)CC1. The average Bonchev–Trinajstić information content (AvgIpc) is 2.86. The molecule has 0 saturated carbocycles. The van der Waals surface area contributed by atoms with E-state index in [1.807, 2.05) is 24.3 Å². The molecular weight excluding hydrogens is 438 g/mol. The summed E-state index contributed by atoms with van der Waals surface area (Å²) in [7, 11) is 1.32. The van der Waals surface area contributed by atoms with Crippen molar-refractivity contribution in [1.82, 2.24) is 14.1 Å². The Bertz CT molecular complexity index is 977. The monoisotopic (exact) mass is 473 g/mol. The van der Waals surface area contributed by atoms with Gasteiger partial charge in [-0.2, -0.15) is 0 Å². The number of piperidine rings is 1. The van der Waals surface area contributed by atoms with Gasteiger partial charge in [-0.25, -0.2) is 17.5 Å². The zero-order valence-electron chi connectivity index (χ0n) is 19.8. The van der Waals surface area contributed by atoms with E-state index in [0.717, 1.165) is 44.5 Å². The lowest BCUT2D eigenvalue weighted by atomic mass is 9.94. The fraction of sp³-hybridized carbons (Fsp3) is 0.480. The number of hydrogen-bond acceptors (Lipinski definition) is 5. The summed E-state index contributed by atoms with van der Waals surface area (Å²) < 4.78 is 32.4. The molecule has 0 bridgehead atoms. The van der Waals surface area contributed by atoms with E-state index in [1.54, 1.807) is 43.3 Å². The minimum atomic E-state index is -3.54. The maximum atomic E-state index is 13.1. The molecule has 0 spiro atoms. The van der Waals surface area contributed by atoms with E-state index in [2.05, 4.69) is 17.0 Å². The molecule has 1 aliphatic heterocycles. The van der Waals surface area contributed by atoms with Crippen molar-refractivity contribution < 1.29 is 17.9 Å². The molecule has 1 heterocycles. The van der Waals surface area contributed by atoms with Gasteiger partial charge >= 0.3 is 6.09 Å². The Morgan fingerprint density at radius 2 is 1.61 bits per heavy atom. The van der Waals surface area contributed by atoms with E-state index < -0.39 is 10.0 Å². The van der Waals surface area contributed by atoms with E-state index in [1.165, 1.54) is 11.4 Å². The van der Waals surface area contributed by atoms with Crippen LogP contribution in [0.4, 0.5) is 4.79 Å². The first-order valence-corrected chi connectivity index (χ1v) is 12.9. The van der Waals surface area contributed by atoms with Gasteiger partial charge in [-0.3, -0.25) is 0 Å². The van der Waals surface area contributed by atoms with Crippen molar-refractivity contribution in [3.8, 4) is 0 Å². The van der Waals surface area contributed by atoms with Crippen LogP contribution in [0.2, 0.25) is 0 Å². The van der Waals surface area contributed by atoms with E-state index in [0.29, 0.717) is 11.4 Å². The van der Waals surface area contributed by atoms with Gasteiger partial charge in [-0.1, -0.05) is 48.5 Å². The van der Waals surface area contributed by atoms with E-state index >= 15 is 0 Å². The zero-order valence-corrected chi connectivity index (χ0v) is 20.6. The van der Waals surface area contributed by atoms with Crippen LogP contribution >= 0.6 is 0 Å². The molecule has 2 aromatic carbocycles. The van der Waals surface area contributed by atoms with Crippen LogP contribution in [0.15, 0.2) is 65.6 Å². The van der Waals surface area contributed by atoms with Crippen LogP contribution in [0.5, 0.6) is 0 Å². The number of likely N-dealkylation sites (N-methyl/N-ethyl adjacent to an activating group) is 1. The Morgan fingerprint density at radius 1 is 1.03 bits per heavy atom. The molecule has 1 atom stereocenters. The average molecular weight is 474 g/mol. The summed E-state index contributed by atoms with van der Waals surface area (Å²) in [5, 5.41) is 0. The van der Waals surface area contributed by atoms with Crippen molar-refractivity contribution in [2.75, 3.05) is 47.4 Å². The van der Waals surface area contributed by atoms with Gasteiger partial charge in [0.1, 0.15) is 0 Å². The number of rotatable bonds is 9. The van der Waals surface area contributed by atoms with Crippen molar-refractivity contribution in [3.63, 3.8) is 0 Å². The minimum absolute atomic E-state index is 0.0881. The third kappa shape index (κ3) is 6.56. The number of nitrogens with zero attached hydrogens (tertiary/aromatic N) is 3. The second-order valence-corrected chi connectivity index (χ2v) is 10.7. The molecule has 1 fully saturated rings. The fourth-order valence-corrected chi connectivity index (χ4v) is 5.67. The van der Waals surface area contributed by atoms with Crippen molar-refractivity contribution in [1.29, 1.82) is 0 Å². The Hall–Kier alpha value is -2.42. The Kier molecular flexibility index (Phi) is 8.88. The molecular formula is C25H35N3O4S. The number of hydrogen-bond donors (Lipinski definition) is 0. The van der Waals surface area contributed by atoms with E-state index in [4.69, 9.17) is 4.74 Å². The van der Waals surface area contributed by atoms with Crippen LogP contribution in [0.25, 0.3) is 0 Å². The van der Waals surface area contributed by atoms with Crippen LogP contribution in [-0.2, 0) is 14.8 Å². The van der Waals surface area contributed by atoms with Crippen LogP contribution in [0.3, 0.4) is 0 Å². The van der Waals surface area contributed by atoms with Gasteiger partial charge < -0.3 is 14.5 Å².